The zero-order valence-electron chi connectivity index (χ0n) is 13.0. The number of aromatic nitrogens is 3. The number of anilines is 1. The van der Waals surface area contributed by atoms with Crippen LogP contribution < -0.4 is 11.5 Å². The molecule has 0 saturated heterocycles. The molecule has 24 heavy (non-hydrogen) atoms. The molecule has 0 aliphatic carbocycles. The zero-order valence-corrected chi connectivity index (χ0v) is 13.0. The molecule has 0 radical (unpaired) electrons. The number of hydrogen-bond acceptors (Lipinski definition) is 4. The van der Waals surface area contributed by atoms with Crippen molar-refractivity contribution < 1.29 is 4.79 Å². The summed E-state index contributed by atoms with van der Waals surface area (Å²) in [5.41, 5.74) is 15.3. The van der Waals surface area contributed by atoms with Crippen LogP contribution in [-0.2, 0) is 7.05 Å². The Bertz CT molecular complexity index is 1110. The van der Waals surface area contributed by atoms with Crippen LogP contribution in [0.3, 0.4) is 0 Å². The maximum absolute atomic E-state index is 11.4. The van der Waals surface area contributed by atoms with Gasteiger partial charge in [0.1, 0.15) is 5.52 Å². The highest BCUT2D eigenvalue weighted by Crippen LogP contribution is 2.32. The van der Waals surface area contributed by atoms with Crippen LogP contribution in [0.2, 0.25) is 0 Å². The first-order chi connectivity index (χ1) is 11.6. The fraction of sp³-hybridized carbons (Fsp3) is 0.0556. The van der Waals surface area contributed by atoms with Crippen molar-refractivity contribution in [2.75, 3.05) is 5.73 Å². The lowest BCUT2D eigenvalue weighted by Gasteiger charge is -2.09. The van der Waals surface area contributed by atoms with Crippen LogP contribution in [0.5, 0.6) is 0 Å². The number of nitrogens with two attached hydrogens (primary N) is 2. The molecule has 0 aliphatic rings. The van der Waals surface area contributed by atoms with E-state index in [-0.39, 0.29) is 11.4 Å². The third kappa shape index (κ3) is 2.00. The molecule has 0 unspecified atom stereocenters. The van der Waals surface area contributed by atoms with Crippen molar-refractivity contribution in [3.63, 3.8) is 0 Å². The van der Waals surface area contributed by atoms with E-state index in [1.54, 1.807) is 0 Å². The Morgan fingerprint density at radius 2 is 1.96 bits per heavy atom. The largest absolute Gasteiger partial charge is 0.396 e. The molecule has 4 aromatic rings. The minimum absolute atomic E-state index is 0.00228. The first-order valence-corrected chi connectivity index (χ1v) is 7.46. The van der Waals surface area contributed by atoms with Crippen molar-refractivity contribution in [1.82, 2.24) is 14.8 Å². The summed E-state index contributed by atoms with van der Waals surface area (Å²) in [6.07, 6.45) is 2.02. The van der Waals surface area contributed by atoms with Gasteiger partial charge in [0.2, 0.25) is 0 Å². The average molecular weight is 317 g/mol. The molecule has 0 fully saturated rings. The quantitative estimate of drug-likeness (QED) is 0.593. The molecule has 2 aromatic carbocycles. The molecule has 0 atom stereocenters. The summed E-state index contributed by atoms with van der Waals surface area (Å²) in [4.78, 5) is 11.4. The molecular formula is C18H15N5O. The summed E-state index contributed by atoms with van der Waals surface area (Å²) in [7, 11) is 2.01. The van der Waals surface area contributed by atoms with Gasteiger partial charge in [-0.1, -0.05) is 30.3 Å². The van der Waals surface area contributed by atoms with Gasteiger partial charge in [-0.05, 0) is 23.1 Å². The number of aryl methyl sites for hydroxylation is 1. The first kappa shape index (κ1) is 14.2. The number of carbonyl (C=O) groups excluding carboxylic acids is 1. The Balaban J connectivity index is 2.00. The molecular weight excluding hydrogens is 302 g/mol. The standard InChI is InChI=1S/C18H15N5O/c1-23-8-7-10-5-6-11(9-14(10)23)12-3-2-4-13-15(19)17(18(20)24)22-21-16(12)13/h2-9H,1H3,(H2,19,21)(H2,20,24). The van der Waals surface area contributed by atoms with Crippen molar-refractivity contribution >= 4 is 33.4 Å². The highest BCUT2D eigenvalue weighted by Gasteiger charge is 2.15. The molecule has 0 spiro atoms. The number of fused-ring (bicyclic) bond motifs is 2. The topological polar surface area (TPSA) is 99.8 Å². The minimum atomic E-state index is -0.683. The minimum Gasteiger partial charge on any atom is -0.396 e. The van der Waals surface area contributed by atoms with E-state index in [2.05, 4.69) is 33.0 Å². The fourth-order valence-corrected chi connectivity index (χ4v) is 2.99. The number of benzene rings is 2. The van der Waals surface area contributed by atoms with E-state index in [4.69, 9.17) is 11.5 Å². The van der Waals surface area contributed by atoms with Crippen molar-refractivity contribution in [2.24, 2.45) is 12.8 Å². The second kappa shape index (κ2) is 5.06. The van der Waals surface area contributed by atoms with E-state index in [0.29, 0.717) is 10.9 Å². The number of rotatable bonds is 2. The summed E-state index contributed by atoms with van der Waals surface area (Å²) in [5, 5.41) is 9.94. The zero-order chi connectivity index (χ0) is 16.8. The van der Waals surface area contributed by atoms with E-state index in [0.717, 1.165) is 16.6 Å². The molecule has 2 aromatic heterocycles. The number of nitrogens with zero attached hydrogens (tertiary/aromatic N) is 3. The molecule has 0 bridgehead atoms. The van der Waals surface area contributed by atoms with Crippen LogP contribution in [0.1, 0.15) is 10.5 Å². The van der Waals surface area contributed by atoms with Crippen LogP contribution in [0.4, 0.5) is 5.69 Å². The van der Waals surface area contributed by atoms with Crippen LogP contribution in [0, 0.1) is 0 Å². The van der Waals surface area contributed by atoms with Crippen LogP contribution in [-0.4, -0.2) is 20.7 Å². The molecule has 118 valence electrons. The van der Waals surface area contributed by atoms with Crippen molar-refractivity contribution in [1.29, 1.82) is 0 Å². The Hall–Kier alpha value is -3.41. The summed E-state index contributed by atoms with van der Waals surface area (Å²) in [6, 6.07) is 13.9. The van der Waals surface area contributed by atoms with Gasteiger partial charge >= 0.3 is 0 Å². The van der Waals surface area contributed by atoms with Crippen LogP contribution in [0.15, 0.2) is 48.7 Å². The number of primary amides is 1. The van der Waals surface area contributed by atoms with Gasteiger partial charge in [0.25, 0.3) is 5.91 Å². The van der Waals surface area contributed by atoms with Gasteiger partial charge in [-0.2, -0.15) is 0 Å². The van der Waals surface area contributed by atoms with E-state index < -0.39 is 5.91 Å². The predicted octanol–water partition coefficient (Wildman–Crippen LogP) is 2.47. The number of carbonyl (C=O) groups is 1. The fourth-order valence-electron chi connectivity index (χ4n) is 2.99. The molecule has 4 rings (SSSR count). The maximum Gasteiger partial charge on any atom is 0.271 e. The molecule has 1 amide bonds. The van der Waals surface area contributed by atoms with Crippen LogP contribution in [0.25, 0.3) is 32.9 Å². The van der Waals surface area contributed by atoms with E-state index in [9.17, 15) is 4.79 Å². The lowest BCUT2D eigenvalue weighted by molar-refractivity contribution is 0.0996. The highest BCUT2D eigenvalue weighted by atomic mass is 16.1. The molecule has 0 saturated carbocycles. The summed E-state index contributed by atoms with van der Waals surface area (Å²) in [6.45, 7) is 0. The normalized spacial score (nSPS) is 11.2. The molecule has 0 aliphatic heterocycles. The summed E-state index contributed by atoms with van der Waals surface area (Å²) in [5.74, 6) is -0.683. The Labute approximate surface area is 137 Å². The van der Waals surface area contributed by atoms with E-state index in [1.807, 2.05) is 37.5 Å². The SMILES string of the molecule is Cn1ccc2ccc(-c3cccc4c(N)c(C(N)=O)nnc34)cc21. The number of nitrogen functional groups attached to an aromatic ring is 1. The van der Waals surface area contributed by atoms with Gasteiger partial charge in [-0.15, -0.1) is 10.2 Å². The third-order valence-corrected chi connectivity index (χ3v) is 4.26. The molecule has 6 heteroatoms. The Morgan fingerprint density at radius 1 is 1.12 bits per heavy atom. The van der Waals surface area contributed by atoms with Gasteiger partial charge in [0, 0.05) is 29.7 Å². The predicted molar refractivity (Wildman–Crippen MR) is 94.4 cm³/mol. The number of amides is 1. The van der Waals surface area contributed by atoms with Crippen molar-refractivity contribution in [3.05, 3.63) is 54.4 Å². The summed E-state index contributed by atoms with van der Waals surface area (Å²) < 4.78 is 2.06. The highest BCUT2D eigenvalue weighted by molar-refractivity contribution is 6.07. The van der Waals surface area contributed by atoms with E-state index >= 15 is 0 Å². The Morgan fingerprint density at radius 3 is 2.75 bits per heavy atom. The second-order valence-electron chi connectivity index (χ2n) is 5.73. The number of hydrogen-bond donors (Lipinski definition) is 2. The van der Waals surface area contributed by atoms with Crippen molar-refractivity contribution in [3.8, 4) is 11.1 Å². The lowest BCUT2D eigenvalue weighted by atomic mass is 10.0. The van der Waals surface area contributed by atoms with E-state index in [1.165, 1.54) is 5.39 Å². The van der Waals surface area contributed by atoms with Gasteiger partial charge in [0.05, 0.1) is 5.69 Å². The molecule has 6 nitrogen and oxygen atoms in total. The molecule has 4 N–H and O–H groups in total. The van der Waals surface area contributed by atoms with Gasteiger partial charge in [-0.3, -0.25) is 4.79 Å². The van der Waals surface area contributed by atoms with Crippen LogP contribution >= 0.6 is 0 Å². The second-order valence-corrected chi connectivity index (χ2v) is 5.73. The Kier molecular flexibility index (Phi) is 2.99. The third-order valence-electron chi connectivity index (χ3n) is 4.26. The smallest absolute Gasteiger partial charge is 0.271 e. The first-order valence-electron chi connectivity index (χ1n) is 7.46. The van der Waals surface area contributed by atoms with Gasteiger partial charge in [0.15, 0.2) is 5.69 Å². The average Bonchev–Trinajstić information content (AvgIpc) is 2.95. The monoisotopic (exact) mass is 317 g/mol. The van der Waals surface area contributed by atoms with Gasteiger partial charge < -0.3 is 16.0 Å². The molecule has 2 heterocycles. The maximum atomic E-state index is 11.4. The summed E-state index contributed by atoms with van der Waals surface area (Å²) >= 11 is 0. The van der Waals surface area contributed by atoms with Crippen molar-refractivity contribution in [2.45, 2.75) is 0 Å². The van der Waals surface area contributed by atoms with Gasteiger partial charge in [-0.25, -0.2) is 0 Å². The lowest BCUT2D eigenvalue weighted by Crippen LogP contribution is -2.16.